The van der Waals surface area contributed by atoms with Crippen LogP contribution in [0.25, 0.3) is 0 Å². The number of halogens is 3. The molecule has 0 spiro atoms. The lowest BCUT2D eigenvalue weighted by Gasteiger charge is -2.35. The lowest BCUT2D eigenvalue weighted by atomic mass is 9.89. The van der Waals surface area contributed by atoms with Crippen LogP contribution in [0.3, 0.4) is 0 Å². The second-order valence-corrected chi connectivity index (χ2v) is 7.80. The number of fused-ring (bicyclic) bond motifs is 1. The summed E-state index contributed by atoms with van der Waals surface area (Å²) in [5.74, 6) is 1.23. The van der Waals surface area contributed by atoms with Crippen molar-refractivity contribution in [1.82, 2.24) is 19.8 Å². The number of benzene rings is 1. The lowest BCUT2D eigenvalue weighted by molar-refractivity contribution is -0.147. The molecule has 1 fully saturated rings. The van der Waals surface area contributed by atoms with Gasteiger partial charge in [0.2, 0.25) is 0 Å². The zero-order chi connectivity index (χ0) is 21.1. The molecule has 0 amide bonds. The highest BCUT2D eigenvalue weighted by molar-refractivity contribution is 5.83. The number of rotatable bonds is 5. The Morgan fingerprint density at radius 2 is 1.80 bits per heavy atom. The van der Waals surface area contributed by atoms with Crippen LogP contribution >= 0.6 is 0 Å². The maximum Gasteiger partial charge on any atom is 0.453 e. The Bertz CT molecular complexity index is 883. The van der Waals surface area contributed by atoms with Gasteiger partial charge in [0.25, 0.3) is 5.82 Å². The van der Waals surface area contributed by atoms with Crippen LogP contribution in [0, 0.1) is 0 Å². The van der Waals surface area contributed by atoms with Crippen molar-refractivity contribution in [2.75, 3.05) is 19.7 Å². The van der Waals surface area contributed by atoms with E-state index >= 15 is 0 Å². The third kappa shape index (κ3) is 4.44. The largest absolute Gasteiger partial charge is 0.494 e. The summed E-state index contributed by atoms with van der Waals surface area (Å²) in [6.45, 7) is 4.42. The number of hydrogen-bond acceptors (Lipinski definition) is 5. The fraction of sp³-hybridized carbons (Fsp3) is 0.571. The van der Waals surface area contributed by atoms with Gasteiger partial charge in [0.05, 0.1) is 6.61 Å². The molecule has 0 atom stereocenters. The van der Waals surface area contributed by atoms with Crippen LogP contribution < -0.4 is 4.74 Å². The number of piperidine rings is 1. The van der Waals surface area contributed by atoms with E-state index in [1.807, 2.05) is 12.1 Å². The van der Waals surface area contributed by atoms with E-state index in [9.17, 15) is 13.2 Å². The Morgan fingerprint density at radius 1 is 1.07 bits per heavy atom. The van der Waals surface area contributed by atoms with Crippen LogP contribution in [0.5, 0.6) is 5.75 Å². The van der Waals surface area contributed by atoms with Crippen molar-refractivity contribution >= 4 is 5.84 Å². The molecule has 2 aliphatic heterocycles. The van der Waals surface area contributed by atoms with Gasteiger partial charge in [0, 0.05) is 25.9 Å². The van der Waals surface area contributed by atoms with Crippen molar-refractivity contribution in [1.29, 1.82) is 0 Å². The Kier molecular flexibility index (Phi) is 5.97. The molecular formula is C21H26F3N5O. The summed E-state index contributed by atoms with van der Waals surface area (Å²) in [4.78, 5) is 2.10. The minimum Gasteiger partial charge on any atom is -0.494 e. The van der Waals surface area contributed by atoms with Gasteiger partial charge < -0.3 is 9.64 Å². The Balaban J connectivity index is 1.38. The molecule has 0 radical (unpaired) electrons. The molecule has 0 aliphatic carbocycles. The molecule has 3 heterocycles. The van der Waals surface area contributed by atoms with E-state index in [1.54, 1.807) is 0 Å². The van der Waals surface area contributed by atoms with Gasteiger partial charge in [-0.15, -0.1) is 10.2 Å². The third-order valence-electron chi connectivity index (χ3n) is 5.72. The summed E-state index contributed by atoms with van der Waals surface area (Å²) >= 11 is 0. The first-order valence-electron chi connectivity index (χ1n) is 10.5. The molecule has 4 rings (SSSR count). The predicted octanol–water partition coefficient (Wildman–Crippen LogP) is 4.46. The van der Waals surface area contributed by atoms with Gasteiger partial charge in [-0.2, -0.15) is 22.9 Å². The van der Waals surface area contributed by atoms with Crippen molar-refractivity contribution in [3.05, 3.63) is 41.5 Å². The maximum atomic E-state index is 13.1. The van der Waals surface area contributed by atoms with Gasteiger partial charge in [0.1, 0.15) is 11.6 Å². The van der Waals surface area contributed by atoms with E-state index < -0.39 is 12.0 Å². The average molecular weight is 421 g/mol. The summed E-state index contributed by atoms with van der Waals surface area (Å²) in [6, 6.07) is 8.29. The molecule has 0 saturated carbocycles. The van der Waals surface area contributed by atoms with Crippen LogP contribution in [-0.4, -0.2) is 45.3 Å². The normalized spacial score (nSPS) is 17.6. The van der Waals surface area contributed by atoms with Gasteiger partial charge in [-0.25, -0.2) is 0 Å². The second kappa shape index (κ2) is 8.65. The topological polar surface area (TPSA) is 55.5 Å². The zero-order valence-corrected chi connectivity index (χ0v) is 17.0. The number of nitrogens with zero attached hydrogens (tertiary/aromatic N) is 5. The van der Waals surface area contributed by atoms with Gasteiger partial charge in [0.15, 0.2) is 5.82 Å². The van der Waals surface area contributed by atoms with Crippen molar-refractivity contribution in [2.45, 2.75) is 57.5 Å². The summed E-state index contributed by atoms with van der Waals surface area (Å²) in [7, 11) is 0. The molecule has 162 valence electrons. The van der Waals surface area contributed by atoms with Crippen LogP contribution in [0.2, 0.25) is 0 Å². The van der Waals surface area contributed by atoms with E-state index in [4.69, 9.17) is 4.74 Å². The Morgan fingerprint density at radius 3 is 2.47 bits per heavy atom. The summed E-state index contributed by atoms with van der Waals surface area (Å²) < 4.78 is 45.9. The molecular weight excluding hydrogens is 395 g/mol. The molecule has 0 unspecified atom stereocenters. The molecule has 30 heavy (non-hydrogen) atoms. The molecule has 6 nitrogen and oxygen atoms in total. The molecule has 2 aliphatic rings. The lowest BCUT2D eigenvalue weighted by Crippen LogP contribution is -2.40. The monoisotopic (exact) mass is 421 g/mol. The molecule has 9 heteroatoms. The number of alkyl halides is 3. The summed E-state index contributed by atoms with van der Waals surface area (Å²) in [5.41, 5.74) is 1.28. The fourth-order valence-corrected chi connectivity index (χ4v) is 4.00. The minimum absolute atomic E-state index is 0.266. The quantitative estimate of drug-likeness (QED) is 0.669. The molecule has 0 bridgehead atoms. The van der Waals surface area contributed by atoms with Crippen LogP contribution in [0.1, 0.15) is 62.2 Å². The maximum absolute atomic E-state index is 13.1. The summed E-state index contributed by atoms with van der Waals surface area (Å²) in [6.07, 6.45) is 0.484. The van der Waals surface area contributed by atoms with Crippen LogP contribution in [-0.2, 0) is 12.6 Å². The first-order valence-corrected chi connectivity index (χ1v) is 10.5. The van der Waals surface area contributed by atoms with Crippen LogP contribution in [0.4, 0.5) is 13.2 Å². The first-order chi connectivity index (χ1) is 14.5. The van der Waals surface area contributed by atoms with Crippen molar-refractivity contribution in [2.24, 2.45) is 5.10 Å². The van der Waals surface area contributed by atoms with E-state index in [2.05, 4.69) is 39.3 Å². The number of unbranched alkanes of at least 4 members (excludes halogenated alkanes) is 1. The Labute approximate surface area is 173 Å². The molecule has 1 aromatic carbocycles. The molecule has 1 saturated heterocycles. The van der Waals surface area contributed by atoms with Crippen molar-refractivity contribution in [3.8, 4) is 5.75 Å². The highest BCUT2D eigenvalue weighted by Gasteiger charge is 2.40. The smallest absolute Gasteiger partial charge is 0.453 e. The molecule has 0 N–H and O–H groups in total. The van der Waals surface area contributed by atoms with E-state index in [0.29, 0.717) is 24.6 Å². The van der Waals surface area contributed by atoms with Gasteiger partial charge >= 0.3 is 6.18 Å². The van der Waals surface area contributed by atoms with Gasteiger partial charge in [-0.05, 0) is 42.9 Å². The van der Waals surface area contributed by atoms with Gasteiger partial charge in [-0.3, -0.25) is 0 Å². The SMILES string of the molecule is CCCCOc1ccc(C2CCN(C3=Nn4c(nnc4C(F)(F)F)CC3)CC2)cc1. The number of ether oxygens (including phenoxy) is 1. The number of amidine groups is 1. The second-order valence-electron chi connectivity index (χ2n) is 7.80. The molecule has 1 aromatic heterocycles. The molecule has 2 aromatic rings. The minimum atomic E-state index is -4.56. The van der Waals surface area contributed by atoms with E-state index in [1.165, 1.54) is 5.56 Å². The number of hydrogen-bond donors (Lipinski definition) is 0. The van der Waals surface area contributed by atoms with E-state index in [-0.39, 0.29) is 5.82 Å². The van der Waals surface area contributed by atoms with Crippen molar-refractivity contribution < 1.29 is 17.9 Å². The zero-order valence-electron chi connectivity index (χ0n) is 17.0. The first kappa shape index (κ1) is 20.7. The van der Waals surface area contributed by atoms with E-state index in [0.717, 1.165) is 55.8 Å². The summed E-state index contributed by atoms with van der Waals surface area (Å²) in [5, 5.41) is 11.2. The standard InChI is InChI=1S/C21H26F3N5O/c1-2-3-14-30-17-6-4-15(5-7-17)16-10-12-28(13-11-16)19-9-8-18-25-26-20(21(22,23)24)29(18)27-19/h4-7,16H,2-3,8-14H2,1H3. The highest BCUT2D eigenvalue weighted by Crippen LogP contribution is 2.32. The van der Waals surface area contributed by atoms with Gasteiger partial charge in [-0.1, -0.05) is 25.5 Å². The third-order valence-corrected chi connectivity index (χ3v) is 5.72. The number of aryl methyl sites for hydroxylation is 1. The van der Waals surface area contributed by atoms with Crippen molar-refractivity contribution in [3.63, 3.8) is 0 Å². The number of aromatic nitrogens is 3. The van der Waals surface area contributed by atoms with Crippen LogP contribution in [0.15, 0.2) is 29.4 Å². The Hall–Kier alpha value is -2.58. The average Bonchev–Trinajstić information content (AvgIpc) is 3.18. The fourth-order valence-electron chi connectivity index (χ4n) is 4.00. The highest BCUT2D eigenvalue weighted by atomic mass is 19.4. The predicted molar refractivity (Wildman–Crippen MR) is 107 cm³/mol. The number of likely N-dealkylation sites (tertiary alicyclic amines) is 1.